The lowest BCUT2D eigenvalue weighted by Gasteiger charge is -2.33. The third-order valence-electron chi connectivity index (χ3n) is 3.84. The van der Waals surface area contributed by atoms with Gasteiger partial charge in [0.2, 0.25) is 0 Å². The molecule has 0 amide bonds. The zero-order valence-corrected chi connectivity index (χ0v) is 14.3. The van der Waals surface area contributed by atoms with E-state index in [4.69, 9.17) is 0 Å². The van der Waals surface area contributed by atoms with Crippen molar-refractivity contribution in [3.8, 4) is 0 Å². The summed E-state index contributed by atoms with van der Waals surface area (Å²) in [5, 5.41) is 3.59. The quantitative estimate of drug-likeness (QED) is 0.892. The summed E-state index contributed by atoms with van der Waals surface area (Å²) >= 11 is 3.46. The molecule has 0 bridgehead atoms. The number of likely N-dealkylation sites (N-methyl/N-ethyl adjacent to an activating group) is 1. The van der Waals surface area contributed by atoms with Gasteiger partial charge in [0.1, 0.15) is 5.82 Å². The number of nitrogens with zero attached hydrogens (tertiary/aromatic N) is 3. The lowest BCUT2D eigenvalue weighted by Crippen LogP contribution is -2.41. The van der Waals surface area contributed by atoms with Gasteiger partial charge in [-0.3, -0.25) is 0 Å². The molecule has 1 aliphatic heterocycles. The summed E-state index contributed by atoms with van der Waals surface area (Å²) in [6.07, 6.45) is 4.26. The fourth-order valence-corrected chi connectivity index (χ4v) is 2.97. The molecule has 5 heteroatoms. The Morgan fingerprint density at radius 2 is 2.10 bits per heavy atom. The molecule has 1 aromatic rings. The van der Waals surface area contributed by atoms with E-state index in [9.17, 15) is 0 Å². The van der Waals surface area contributed by atoms with Crippen molar-refractivity contribution in [3.05, 3.63) is 22.3 Å². The van der Waals surface area contributed by atoms with E-state index >= 15 is 0 Å². The molecule has 1 fully saturated rings. The van der Waals surface area contributed by atoms with Gasteiger partial charge >= 0.3 is 0 Å². The standard InChI is InChI=1S/C15H25BrN4/c1-12-10-13(16)11-17-15(12)18-14-4-6-20(7-5-14)9-8-19(2)3/h10-11,14H,4-9H2,1-3H3,(H,17,18). The monoisotopic (exact) mass is 340 g/mol. The van der Waals surface area contributed by atoms with E-state index in [1.807, 2.05) is 6.20 Å². The minimum Gasteiger partial charge on any atom is -0.367 e. The number of pyridine rings is 1. The van der Waals surface area contributed by atoms with E-state index in [0.29, 0.717) is 6.04 Å². The second-order valence-corrected chi connectivity index (χ2v) is 6.80. The highest BCUT2D eigenvalue weighted by Gasteiger charge is 2.19. The molecule has 0 aliphatic carbocycles. The number of aryl methyl sites for hydroxylation is 1. The van der Waals surface area contributed by atoms with Crippen LogP contribution in [-0.4, -0.2) is 61.1 Å². The minimum absolute atomic E-state index is 0.554. The van der Waals surface area contributed by atoms with Crippen LogP contribution in [0.1, 0.15) is 18.4 Å². The molecule has 20 heavy (non-hydrogen) atoms. The van der Waals surface area contributed by atoms with Crippen molar-refractivity contribution in [2.24, 2.45) is 0 Å². The molecule has 1 N–H and O–H groups in total. The van der Waals surface area contributed by atoms with E-state index in [-0.39, 0.29) is 0 Å². The molecule has 4 nitrogen and oxygen atoms in total. The largest absolute Gasteiger partial charge is 0.367 e. The smallest absolute Gasteiger partial charge is 0.129 e. The van der Waals surface area contributed by atoms with E-state index in [1.54, 1.807) is 0 Å². The Morgan fingerprint density at radius 3 is 2.70 bits per heavy atom. The second-order valence-electron chi connectivity index (χ2n) is 5.88. The predicted molar refractivity (Wildman–Crippen MR) is 88.3 cm³/mol. The molecule has 0 atom stereocenters. The number of aromatic nitrogens is 1. The summed E-state index contributed by atoms with van der Waals surface area (Å²) < 4.78 is 1.04. The number of likely N-dealkylation sites (tertiary alicyclic amines) is 1. The van der Waals surface area contributed by atoms with Gasteiger partial charge in [0.15, 0.2) is 0 Å². The van der Waals surface area contributed by atoms with Gasteiger partial charge in [-0.1, -0.05) is 0 Å². The Hall–Kier alpha value is -0.650. The molecule has 0 unspecified atom stereocenters. The van der Waals surface area contributed by atoms with Crippen LogP contribution in [0.2, 0.25) is 0 Å². The molecule has 2 rings (SSSR count). The number of hydrogen-bond donors (Lipinski definition) is 1. The molecule has 112 valence electrons. The maximum absolute atomic E-state index is 4.47. The Labute approximate surface area is 130 Å². The number of piperidine rings is 1. The van der Waals surface area contributed by atoms with Gasteiger partial charge in [0.05, 0.1) is 0 Å². The van der Waals surface area contributed by atoms with Crippen LogP contribution in [0.15, 0.2) is 16.7 Å². The highest BCUT2D eigenvalue weighted by Crippen LogP contribution is 2.20. The molecule has 0 saturated carbocycles. The first kappa shape index (κ1) is 15.7. The Kier molecular flexibility index (Phi) is 5.81. The number of nitrogens with one attached hydrogen (secondary N) is 1. The summed E-state index contributed by atoms with van der Waals surface area (Å²) in [6, 6.07) is 2.67. The molecule has 1 aromatic heterocycles. The fourth-order valence-electron chi connectivity index (χ4n) is 2.53. The SMILES string of the molecule is Cc1cc(Br)cnc1NC1CCN(CCN(C)C)CC1. The van der Waals surface area contributed by atoms with E-state index in [1.165, 1.54) is 38.0 Å². The van der Waals surface area contributed by atoms with E-state index in [0.717, 1.165) is 16.8 Å². The van der Waals surface area contributed by atoms with Crippen molar-refractivity contribution in [2.75, 3.05) is 45.6 Å². The van der Waals surface area contributed by atoms with Gasteiger partial charge in [-0.15, -0.1) is 0 Å². The topological polar surface area (TPSA) is 31.4 Å². The molecular formula is C15H25BrN4. The van der Waals surface area contributed by atoms with Gasteiger partial charge in [-0.2, -0.15) is 0 Å². The van der Waals surface area contributed by atoms with E-state index in [2.05, 4.69) is 63.1 Å². The third kappa shape index (κ3) is 4.72. The Bertz CT molecular complexity index is 428. The zero-order valence-electron chi connectivity index (χ0n) is 12.7. The minimum atomic E-state index is 0.554. The van der Waals surface area contributed by atoms with E-state index < -0.39 is 0 Å². The molecule has 0 spiro atoms. The normalized spacial score (nSPS) is 17.6. The van der Waals surface area contributed by atoms with Crippen molar-refractivity contribution >= 4 is 21.7 Å². The summed E-state index contributed by atoms with van der Waals surface area (Å²) in [7, 11) is 4.27. The number of hydrogen-bond acceptors (Lipinski definition) is 4. The van der Waals surface area contributed by atoms with Crippen LogP contribution in [0, 0.1) is 6.92 Å². The van der Waals surface area contributed by atoms with Crippen molar-refractivity contribution in [1.29, 1.82) is 0 Å². The molecule has 1 aliphatic rings. The highest BCUT2D eigenvalue weighted by atomic mass is 79.9. The Morgan fingerprint density at radius 1 is 1.40 bits per heavy atom. The molecular weight excluding hydrogens is 316 g/mol. The van der Waals surface area contributed by atoms with Gasteiger partial charge in [0, 0.05) is 42.9 Å². The molecule has 0 radical (unpaired) electrons. The zero-order chi connectivity index (χ0) is 14.5. The first-order chi connectivity index (χ1) is 9.54. The first-order valence-electron chi connectivity index (χ1n) is 7.30. The lowest BCUT2D eigenvalue weighted by atomic mass is 10.0. The number of anilines is 1. The maximum atomic E-state index is 4.47. The van der Waals surface area contributed by atoms with Crippen LogP contribution in [-0.2, 0) is 0 Å². The first-order valence-corrected chi connectivity index (χ1v) is 8.09. The van der Waals surface area contributed by atoms with Gasteiger partial charge in [0.25, 0.3) is 0 Å². The fraction of sp³-hybridized carbons (Fsp3) is 0.667. The van der Waals surface area contributed by atoms with Crippen LogP contribution in [0.25, 0.3) is 0 Å². The average Bonchev–Trinajstić information content (AvgIpc) is 2.41. The average molecular weight is 341 g/mol. The summed E-state index contributed by atoms with van der Waals surface area (Å²) in [4.78, 5) is 9.28. The van der Waals surface area contributed by atoms with Gasteiger partial charge < -0.3 is 15.1 Å². The lowest BCUT2D eigenvalue weighted by molar-refractivity contribution is 0.199. The molecule has 2 heterocycles. The predicted octanol–water partition coefficient (Wildman–Crippen LogP) is 2.59. The Balaban J connectivity index is 1.79. The van der Waals surface area contributed by atoms with Crippen molar-refractivity contribution in [1.82, 2.24) is 14.8 Å². The molecule has 1 saturated heterocycles. The van der Waals surface area contributed by atoms with Crippen molar-refractivity contribution in [2.45, 2.75) is 25.8 Å². The van der Waals surface area contributed by atoms with Crippen LogP contribution in [0.5, 0.6) is 0 Å². The van der Waals surface area contributed by atoms with Crippen LogP contribution < -0.4 is 5.32 Å². The summed E-state index contributed by atoms with van der Waals surface area (Å²) in [5.41, 5.74) is 1.20. The second kappa shape index (κ2) is 7.38. The van der Waals surface area contributed by atoms with Crippen LogP contribution in [0.3, 0.4) is 0 Å². The van der Waals surface area contributed by atoms with Gasteiger partial charge in [-0.05, 0) is 61.4 Å². The summed E-state index contributed by atoms with van der Waals surface area (Å²) in [6.45, 7) is 6.79. The van der Waals surface area contributed by atoms with Crippen LogP contribution >= 0.6 is 15.9 Å². The third-order valence-corrected chi connectivity index (χ3v) is 4.27. The van der Waals surface area contributed by atoms with Gasteiger partial charge in [-0.25, -0.2) is 4.98 Å². The number of halogens is 1. The van der Waals surface area contributed by atoms with Crippen molar-refractivity contribution < 1.29 is 0 Å². The molecule has 0 aromatic carbocycles. The number of rotatable bonds is 5. The maximum Gasteiger partial charge on any atom is 0.129 e. The van der Waals surface area contributed by atoms with Crippen LogP contribution in [0.4, 0.5) is 5.82 Å². The highest BCUT2D eigenvalue weighted by molar-refractivity contribution is 9.10. The van der Waals surface area contributed by atoms with Crippen molar-refractivity contribution in [3.63, 3.8) is 0 Å². The summed E-state index contributed by atoms with van der Waals surface area (Å²) in [5.74, 6) is 1.03.